The number of hydrogen-bond donors (Lipinski definition) is 1. The Morgan fingerprint density at radius 3 is 2.88 bits per heavy atom. The molecule has 10 heteroatoms. The summed E-state index contributed by atoms with van der Waals surface area (Å²) in [6.45, 7) is 0.632. The minimum Gasteiger partial charge on any atom is -0.351 e. The molecule has 0 aromatic carbocycles. The lowest BCUT2D eigenvalue weighted by molar-refractivity contribution is 0.0906. The lowest BCUT2D eigenvalue weighted by atomic mass is 9.71. The van der Waals surface area contributed by atoms with Crippen molar-refractivity contribution in [2.45, 2.75) is 57.8 Å². The van der Waals surface area contributed by atoms with Gasteiger partial charge in [0, 0.05) is 24.0 Å². The molecule has 6 rings (SSSR count). The first kappa shape index (κ1) is 20.5. The van der Waals surface area contributed by atoms with Crippen molar-refractivity contribution in [3.8, 4) is 5.00 Å². The Hall–Kier alpha value is -3.14. The third-order valence-electron chi connectivity index (χ3n) is 7.14. The Morgan fingerprint density at radius 2 is 2.03 bits per heavy atom. The summed E-state index contributed by atoms with van der Waals surface area (Å²) in [4.78, 5) is 14.8. The van der Waals surface area contributed by atoms with E-state index in [0.717, 1.165) is 60.6 Å². The topological polar surface area (TPSA) is 103 Å². The van der Waals surface area contributed by atoms with Crippen LogP contribution in [0.5, 0.6) is 0 Å². The molecule has 0 aliphatic heterocycles. The minimum absolute atomic E-state index is 0.0130. The van der Waals surface area contributed by atoms with E-state index in [9.17, 15) is 4.79 Å². The molecule has 4 aromatic rings. The van der Waals surface area contributed by atoms with Gasteiger partial charge in [-0.05, 0) is 65.6 Å². The molecule has 170 valence electrons. The summed E-state index contributed by atoms with van der Waals surface area (Å²) in [6, 6.07) is 5.96. The van der Waals surface area contributed by atoms with Gasteiger partial charge in [-0.25, -0.2) is 0 Å². The fourth-order valence-corrected chi connectivity index (χ4v) is 6.76. The third kappa shape index (κ3) is 3.72. The molecule has 0 saturated heterocycles. The van der Waals surface area contributed by atoms with Crippen LogP contribution in [0.15, 0.2) is 30.7 Å². The maximum Gasteiger partial charge on any atom is 0.254 e. The number of carbonyl (C=O) groups is 1. The second-order valence-corrected chi connectivity index (χ2v) is 10.3. The van der Waals surface area contributed by atoms with Crippen LogP contribution < -0.4 is 5.32 Å². The van der Waals surface area contributed by atoms with Gasteiger partial charge in [0.25, 0.3) is 5.91 Å². The molecule has 0 unspecified atom stereocenters. The first-order valence-corrected chi connectivity index (χ1v) is 12.5. The number of thiophene rings is 1. The van der Waals surface area contributed by atoms with Crippen molar-refractivity contribution in [1.82, 2.24) is 40.1 Å². The predicted octanol–water partition coefficient (Wildman–Crippen LogP) is 3.18. The van der Waals surface area contributed by atoms with Gasteiger partial charge in [0.15, 0.2) is 5.65 Å². The normalized spacial score (nSPS) is 17.3. The van der Waals surface area contributed by atoms with Gasteiger partial charge in [0.2, 0.25) is 0 Å². The average molecular weight is 463 g/mol. The molecule has 1 N–H and O–H groups in total. The van der Waals surface area contributed by atoms with E-state index in [-0.39, 0.29) is 11.3 Å². The maximum atomic E-state index is 13.6. The summed E-state index contributed by atoms with van der Waals surface area (Å²) >= 11 is 1.64. The van der Waals surface area contributed by atoms with Crippen molar-refractivity contribution in [3.05, 3.63) is 52.6 Å². The van der Waals surface area contributed by atoms with E-state index in [0.29, 0.717) is 6.54 Å². The van der Waals surface area contributed by atoms with Gasteiger partial charge >= 0.3 is 0 Å². The number of aryl methyl sites for hydroxylation is 1. The monoisotopic (exact) mass is 462 g/mol. The van der Waals surface area contributed by atoms with Crippen LogP contribution in [0.3, 0.4) is 0 Å². The largest absolute Gasteiger partial charge is 0.351 e. The molecule has 2 aliphatic carbocycles. The van der Waals surface area contributed by atoms with E-state index < -0.39 is 0 Å². The number of hydrogen-bond acceptors (Lipinski definition) is 7. The highest BCUT2D eigenvalue weighted by molar-refractivity contribution is 7.15. The highest BCUT2D eigenvalue weighted by Gasteiger charge is 2.35. The number of carbonyl (C=O) groups excluding carboxylic acids is 1. The number of pyridine rings is 1. The molecular formula is C23H26N8OS. The quantitative estimate of drug-likeness (QED) is 0.472. The molecule has 2 aliphatic rings. The van der Waals surface area contributed by atoms with Crippen LogP contribution in [0, 0.1) is 5.41 Å². The Kier molecular flexibility index (Phi) is 5.17. The SMILES string of the molecule is O=C(NCC1(Cc2nnc3ccccn23)CCCCC1)c1c(-n2cnnn2)sc2c1CCC2. The number of tetrazole rings is 1. The Morgan fingerprint density at radius 1 is 1.12 bits per heavy atom. The van der Waals surface area contributed by atoms with Crippen LogP contribution in [-0.4, -0.2) is 47.3 Å². The number of aromatic nitrogens is 7. The van der Waals surface area contributed by atoms with E-state index >= 15 is 0 Å². The fraction of sp³-hybridized carbons (Fsp3) is 0.478. The number of fused-ring (bicyclic) bond motifs is 2. The van der Waals surface area contributed by atoms with Gasteiger partial charge in [-0.2, -0.15) is 4.68 Å². The van der Waals surface area contributed by atoms with Crippen LogP contribution in [0.4, 0.5) is 0 Å². The van der Waals surface area contributed by atoms with Crippen LogP contribution in [0.2, 0.25) is 0 Å². The maximum absolute atomic E-state index is 13.6. The second kappa shape index (κ2) is 8.33. The Labute approximate surface area is 195 Å². The Balaban J connectivity index is 1.27. The van der Waals surface area contributed by atoms with E-state index in [4.69, 9.17) is 0 Å². The third-order valence-corrected chi connectivity index (χ3v) is 8.42. The number of nitrogens with zero attached hydrogens (tertiary/aromatic N) is 7. The number of amides is 1. The molecule has 0 radical (unpaired) electrons. The summed E-state index contributed by atoms with van der Waals surface area (Å²) in [5.41, 5.74) is 2.77. The molecule has 0 atom stereocenters. The van der Waals surface area contributed by atoms with Crippen LogP contribution in [0.25, 0.3) is 10.6 Å². The highest BCUT2D eigenvalue weighted by Crippen LogP contribution is 2.40. The van der Waals surface area contributed by atoms with Crippen molar-refractivity contribution < 1.29 is 4.79 Å². The minimum atomic E-state index is -0.0176. The lowest BCUT2D eigenvalue weighted by Crippen LogP contribution is -2.41. The first-order valence-electron chi connectivity index (χ1n) is 11.7. The molecule has 9 nitrogen and oxygen atoms in total. The van der Waals surface area contributed by atoms with Gasteiger partial charge in [-0.15, -0.1) is 26.6 Å². The lowest BCUT2D eigenvalue weighted by Gasteiger charge is -2.37. The van der Waals surface area contributed by atoms with Gasteiger partial charge < -0.3 is 5.32 Å². The summed E-state index contributed by atoms with van der Waals surface area (Å²) in [5, 5.41) is 24.6. The summed E-state index contributed by atoms with van der Waals surface area (Å²) in [5.74, 6) is 0.948. The van der Waals surface area contributed by atoms with Gasteiger partial charge in [0.05, 0.1) is 5.56 Å². The molecular weight excluding hydrogens is 436 g/mol. The van der Waals surface area contributed by atoms with E-state index in [1.807, 2.05) is 24.4 Å². The molecule has 4 aromatic heterocycles. The highest BCUT2D eigenvalue weighted by atomic mass is 32.1. The van der Waals surface area contributed by atoms with Crippen molar-refractivity contribution in [2.24, 2.45) is 5.41 Å². The van der Waals surface area contributed by atoms with Crippen LogP contribution in [-0.2, 0) is 19.3 Å². The summed E-state index contributed by atoms with van der Waals surface area (Å²) < 4.78 is 3.69. The zero-order valence-electron chi connectivity index (χ0n) is 18.4. The molecule has 1 saturated carbocycles. The number of nitrogens with one attached hydrogen (secondary N) is 1. The van der Waals surface area contributed by atoms with Crippen LogP contribution >= 0.6 is 11.3 Å². The smallest absolute Gasteiger partial charge is 0.254 e. The molecule has 1 amide bonds. The van der Waals surface area contributed by atoms with Crippen molar-refractivity contribution in [2.75, 3.05) is 6.54 Å². The van der Waals surface area contributed by atoms with Crippen LogP contribution in [0.1, 0.15) is 65.1 Å². The summed E-state index contributed by atoms with van der Waals surface area (Å²) in [6.07, 6.45) is 13.2. The van der Waals surface area contributed by atoms with E-state index in [2.05, 4.69) is 35.4 Å². The van der Waals surface area contributed by atoms with Crippen molar-refractivity contribution in [3.63, 3.8) is 0 Å². The van der Waals surface area contributed by atoms with Gasteiger partial charge in [-0.1, -0.05) is 25.3 Å². The van der Waals surface area contributed by atoms with Gasteiger partial charge in [-0.3, -0.25) is 9.20 Å². The standard InChI is InChI=1S/C23H26N8OS/c32-21(20-16-7-6-8-17(16)33-22(20)31-15-25-28-29-31)24-14-23(10-3-1-4-11-23)13-19-27-26-18-9-2-5-12-30(18)19/h2,5,9,12,15H,1,3-4,6-8,10-11,13-14H2,(H,24,32). The number of rotatable bonds is 6. The summed E-state index contributed by atoms with van der Waals surface area (Å²) in [7, 11) is 0. The second-order valence-electron chi connectivity index (χ2n) is 9.26. The molecule has 1 fully saturated rings. The Bertz CT molecular complexity index is 1290. The zero-order valence-corrected chi connectivity index (χ0v) is 19.2. The van der Waals surface area contributed by atoms with Crippen molar-refractivity contribution in [1.29, 1.82) is 0 Å². The molecule has 0 bridgehead atoms. The predicted molar refractivity (Wildman–Crippen MR) is 124 cm³/mol. The average Bonchev–Trinajstić information content (AvgIpc) is 3.62. The van der Waals surface area contributed by atoms with Gasteiger partial charge in [0.1, 0.15) is 17.2 Å². The fourth-order valence-electron chi connectivity index (χ4n) is 5.46. The first-order chi connectivity index (χ1) is 16.2. The molecule has 0 spiro atoms. The van der Waals surface area contributed by atoms with Crippen molar-refractivity contribution >= 4 is 22.9 Å². The molecule has 33 heavy (non-hydrogen) atoms. The zero-order chi connectivity index (χ0) is 22.3. The van der Waals surface area contributed by atoms with E-state index in [1.165, 1.54) is 29.7 Å². The van der Waals surface area contributed by atoms with E-state index in [1.54, 1.807) is 22.3 Å². The molecule has 4 heterocycles.